The van der Waals surface area contributed by atoms with Crippen LogP contribution >= 0.6 is 0 Å². The van der Waals surface area contributed by atoms with Gasteiger partial charge in [0.25, 0.3) is 5.91 Å². The van der Waals surface area contributed by atoms with Crippen molar-refractivity contribution in [1.82, 2.24) is 4.90 Å². The third kappa shape index (κ3) is 4.60. The average molecular weight is 287 g/mol. The minimum Gasteiger partial charge on any atom is -0.484 e. The summed E-state index contributed by atoms with van der Waals surface area (Å²) in [6, 6.07) is 13.6. The normalized spacial score (nSPS) is 10.2. The lowest BCUT2D eigenvalue weighted by Crippen LogP contribution is -2.30. The molecule has 0 radical (unpaired) electrons. The summed E-state index contributed by atoms with van der Waals surface area (Å²) in [5.74, 6) is 0.0264. The number of carbonyl (C=O) groups excluding carboxylic acids is 1. The van der Waals surface area contributed by atoms with Crippen LogP contribution in [-0.4, -0.2) is 24.5 Å². The number of halogens is 1. The minimum absolute atomic E-state index is 0.0615. The second-order valence-electron chi connectivity index (χ2n) is 4.98. The summed E-state index contributed by atoms with van der Waals surface area (Å²) in [6.45, 7) is 2.50. The van der Waals surface area contributed by atoms with E-state index in [0.29, 0.717) is 12.3 Å². The van der Waals surface area contributed by atoms with Crippen molar-refractivity contribution in [2.45, 2.75) is 13.5 Å². The lowest BCUT2D eigenvalue weighted by atomic mass is 10.1. The molecule has 2 aromatic carbocycles. The monoisotopic (exact) mass is 287 g/mol. The Labute approximate surface area is 124 Å². The van der Waals surface area contributed by atoms with Gasteiger partial charge in [0.05, 0.1) is 0 Å². The number of hydrogen-bond acceptors (Lipinski definition) is 2. The van der Waals surface area contributed by atoms with E-state index in [1.54, 1.807) is 11.9 Å². The number of benzene rings is 2. The van der Waals surface area contributed by atoms with Crippen molar-refractivity contribution >= 4 is 5.91 Å². The van der Waals surface area contributed by atoms with Crippen LogP contribution in [0.4, 0.5) is 4.39 Å². The molecule has 2 aromatic rings. The SMILES string of the molecule is Cc1ccc(CN(C)C(=O)COc2ccc(F)cc2)cc1. The summed E-state index contributed by atoms with van der Waals surface area (Å²) in [6.07, 6.45) is 0. The van der Waals surface area contributed by atoms with Gasteiger partial charge in [0.15, 0.2) is 6.61 Å². The van der Waals surface area contributed by atoms with Crippen LogP contribution in [0.2, 0.25) is 0 Å². The first-order valence-corrected chi connectivity index (χ1v) is 6.72. The van der Waals surface area contributed by atoms with Crippen LogP contribution in [0.5, 0.6) is 5.75 Å². The fourth-order valence-corrected chi connectivity index (χ4v) is 1.84. The topological polar surface area (TPSA) is 29.5 Å². The van der Waals surface area contributed by atoms with E-state index < -0.39 is 0 Å². The van der Waals surface area contributed by atoms with Gasteiger partial charge in [-0.3, -0.25) is 4.79 Å². The van der Waals surface area contributed by atoms with Gasteiger partial charge >= 0.3 is 0 Å². The predicted molar refractivity (Wildman–Crippen MR) is 79.5 cm³/mol. The Balaban J connectivity index is 1.84. The van der Waals surface area contributed by atoms with E-state index in [1.165, 1.54) is 29.8 Å². The maximum atomic E-state index is 12.8. The number of hydrogen-bond donors (Lipinski definition) is 0. The molecule has 0 spiro atoms. The lowest BCUT2D eigenvalue weighted by molar-refractivity contribution is -0.132. The molecular formula is C17H18FNO2. The molecule has 0 aliphatic heterocycles. The highest BCUT2D eigenvalue weighted by Crippen LogP contribution is 2.11. The van der Waals surface area contributed by atoms with E-state index in [2.05, 4.69) is 0 Å². The zero-order chi connectivity index (χ0) is 15.2. The smallest absolute Gasteiger partial charge is 0.260 e. The van der Waals surface area contributed by atoms with Crippen molar-refractivity contribution in [3.05, 3.63) is 65.5 Å². The molecule has 0 unspecified atom stereocenters. The van der Waals surface area contributed by atoms with Gasteiger partial charge in [-0.25, -0.2) is 4.39 Å². The highest BCUT2D eigenvalue weighted by atomic mass is 19.1. The van der Waals surface area contributed by atoms with E-state index >= 15 is 0 Å². The van der Waals surface area contributed by atoms with Crippen LogP contribution in [0, 0.1) is 12.7 Å². The highest BCUT2D eigenvalue weighted by molar-refractivity contribution is 5.77. The van der Waals surface area contributed by atoms with Gasteiger partial charge in [0.1, 0.15) is 11.6 Å². The molecule has 0 bridgehead atoms. The molecule has 2 rings (SSSR count). The Bertz CT molecular complexity index is 593. The van der Waals surface area contributed by atoms with Crippen LogP contribution in [0.15, 0.2) is 48.5 Å². The molecule has 0 N–H and O–H groups in total. The molecule has 0 saturated heterocycles. The van der Waals surface area contributed by atoms with E-state index in [4.69, 9.17) is 4.74 Å². The summed E-state index contributed by atoms with van der Waals surface area (Å²) >= 11 is 0. The van der Waals surface area contributed by atoms with E-state index in [-0.39, 0.29) is 18.3 Å². The zero-order valence-electron chi connectivity index (χ0n) is 12.2. The average Bonchev–Trinajstić information content (AvgIpc) is 2.48. The van der Waals surface area contributed by atoms with E-state index in [0.717, 1.165) is 5.56 Å². The second kappa shape index (κ2) is 6.88. The quantitative estimate of drug-likeness (QED) is 0.845. The van der Waals surface area contributed by atoms with Gasteiger partial charge in [-0.15, -0.1) is 0 Å². The largest absolute Gasteiger partial charge is 0.484 e. The van der Waals surface area contributed by atoms with Crippen molar-refractivity contribution in [1.29, 1.82) is 0 Å². The number of ether oxygens (including phenoxy) is 1. The van der Waals surface area contributed by atoms with Crippen LogP contribution in [0.25, 0.3) is 0 Å². The molecule has 110 valence electrons. The van der Waals surface area contributed by atoms with Gasteiger partial charge in [-0.1, -0.05) is 29.8 Å². The molecule has 0 aliphatic rings. The third-order valence-corrected chi connectivity index (χ3v) is 3.14. The van der Waals surface area contributed by atoms with Crippen LogP contribution < -0.4 is 4.74 Å². The highest BCUT2D eigenvalue weighted by Gasteiger charge is 2.10. The maximum absolute atomic E-state index is 12.8. The summed E-state index contributed by atoms with van der Waals surface area (Å²) < 4.78 is 18.1. The zero-order valence-corrected chi connectivity index (χ0v) is 12.2. The van der Waals surface area contributed by atoms with Gasteiger partial charge in [0.2, 0.25) is 0 Å². The number of aryl methyl sites for hydroxylation is 1. The van der Waals surface area contributed by atoms with Crippen molar-refractivity contribution in [2.24, 2.45) is 0 Å². The van der Waals surface area contributed by atoms with Gasteiger partial charge in [-0.2, -0.15) is 0 Å². The van der Waals surface area contributed by atoms with Crippen molar-refractivity contribution in [3.8, 4) is 5.75 Å². The second-order valence-corrected chi connectivity index (χ2v) is 4.98. The molecule has 0 aromatic heterocycles. The summed E-state index contributed by atoms with van der Waals surface area (Å²) in [5.41, 5.74) is 2.26. The predicted octanol–water partition coefficient (Wildman–Crippen LogP) is 3.17. The molecule has 0 heterocycles. The molecule has 0 saturated carbocycles. The first-order chi connectivity index (χ1) is 10.0. The number of carbonyl (C=O) groups is 1. The standard InChI is InChI=1S/C17H18FNO2/c1-13-3-5-14(6-4-13)11-19(2)17(20)12-21-16-9-7-15(18)8-10-16/h3-10H,11-12H2,1-2H3. The number of rotatable bonds is 5. The molecule has 0 atom stereocenters. The van der Waals surface area contributed by atoms with Crippen LogP contribution in [0.3, 0.4) is 0 Å². The van der Waals surface area contributed by atoms with E-state index in [9.17, 15) is 9.18 Å². The molecule has 21 heavy (non-hydrogen) atoms. The summed E-state index contributed by atoms with van der Waals surface area (Å²) in [4.78, 5) is 13.6. The first kappa shape index (κ1) is 15.0. The van der Waals surface area contributed by atoms with E-state index in [1.807, 2.05) is 31.2 Å². The number of amides is 1. The summed E-state index contributed by atoms with van der Waals surface area (Å²) in [7, 11) is 1.73. The Morgan fingerprint density at radius 1 is 1.10 bits per heavy atom. The Morgan fingerprint density at radius 3 is 2.33 bits per heavy atom. The van der Waals surface area contributed by atoms with Gasteiger partial charge in [0, 0.05) is 13.6 Å². The fourth-order valence-electron chi connectivity index (χ4n) is 1.84. The fraction of sp³-hybridized carbons (Fsp3) is 0.235. The van der Waals surface area contributed by atoms with Crippen molar-refractivity contribution in [2.75, 3.05) is 13.7 Å². The minimum atomic E-state index is -0.329. The van der Waals surface area contributed by atoms with Crippen LogP contribution in [-0.2, 0) is 11.3 Å². The Morgan fingerprint density at radius 2 is 1.71 bits per heavy atom. The van der Waals surface area contributed by atoms with Gasteiger partial charge in [-0.05, 0) is 36.8 Å². The lowest BCUT2D eigenvalue weighted by Gasteiger charge is -2.17. The molecule has 0 fully saturated rings. The van der Waals surface area contributed by atoms with Crippen molar-refractivity contribution in [3.63, 3.8) is 0 Å². The van der Waals surface area contributed by atoms with Gasteiger partial charge < -0.3 is 9.64 Å². The Kier molecular flexibility index (Phi) is 4.93. The van der Waals surface area contributed by atoms with Crippen molar-refractivity contribution < 1.29 is 13.9 Å². The maximum Gasteiger partial charge on any atom is 0.260 e. The molecule has 0 aliphatic carbocycles. The summed E-state index contributed by atoms with van der Waals surface area (Å²) in [5, 5.41) is 0. The van der Waals surface area contributed by atoms with Crippen LogP contribution in [0.1, 0.15) is 11.1 Å². The number of nitrogens with zero attached hydrogens (tertiary/aromatic N) is 1. The third-order valence-electron chi connectivity index (χ3n) is 3.14. The molecular weight excluding hydrogens is 269 g/mol. The number of likely N-dealkylation sites (N-methyl/N-ethyl adjacent to an activating group) is 1. The first-order valence-electron chi connectivity index (χ1n) is 6.72. The molecule has 1 amide bonds. The Hall–Kier alpha value is -2.36. The molecule has 4 heteroatoms. The molecule has 3 nitrogen and oxygen atoms in total.